The number of pyridine rings is 1. The van der Waals surface area contributed by atoms with Gasteiger partial charge in [0.05, 0.1) is 0 Å². The highest BCUT2D eigenvalue weighted by Gasteiger charge is 2.26. The van der Waals surface area contributed by atoms with E-state index < -0.39 is 0 Å². The summed E-state index contributed by atoms with van der Waals surface area (Å²) in [5.74, 6) is 0.399. The van der Waals surface area contributed by atoms with Crippen LogP contribution in [0, 0.1) is 5.92 Å². The van der Waals surface area contributed by atoms with Crippen molar-refractivity contribution in [2.45, 2.75) is 45.6 Å². The van der Waals surface area contributed by atoms with Gasteiger partial charge >= 0.3 is 0 Å². The highest BCUT2D eigenvalue weighted by atomic mass is 16.1. The van der Waals surface area contributed by atoms with Crippen LogP contribution in [-0.4, -0.2) is 28.8 Å². The van der Waals surface area contributed by atoms with Crippen molar-refractivity contribution in [3.63, 3.8) is 0 Å². The normalized spacial score (nSPS) is 18.9. The van der Waals surface area contributed by atoms with E-state index in [-0.39, 0.29) is 11.3 Å². The number of benzene rings is 1. The number of carbonyl (C=O) groups is 1. The fraction of sp³-hybridized carbons (Fsp3) is 0.455. The standard InChI is InChI=1S/C22H28N2O/c1-22(2,3)20-8-6-18(7-9-20)21(25)19-5-4-14-24(16-19)15-17-10-12-23-13-11-17/h6-13,19H,4-5,14-16H2,1-3H3/t19-/m1/s1. The van der Waals surface area contributed by atoms with E-state index in [0.29, 0.717) is 5.78 Å². The largest absolute Gasteiger partial charge is 0.298 e. The summed E-state index contributed by atoms with van der Waals surface area (Å²) in [6.45, 7) is 9.40. The van der Waals surface area contributed by atoms with Gasteiger partial charge in [-0.25, -0.2) is 0 Å². The molecule has 2 aromatic rings. The average molecular weight is 336 g/mol. The highest BCUT2D eigenvalue weighted by Crippen LogP contribution is 2.25. The molecule has 1 saturated heterocycles. The number of hydrogen-bond donors (Lipinski definition) is 0. The van der Waals surface area contributed by atoms with Gasteiger partial charge in [0.1, 0.15) is 0 Å². The monoisotopic (exact) mass is 336 g/mol. The lowest BCUT2D eigenvalue weighted by atomic mass is 9.85. The minimum absolute atomic E-state index is 0.107. The van der Waals surface area contributed by atoms with Crippen molar-refractivity contribution < 1.29 is 4.79 Å². The van der Waals surface area contributed by atoms with Gasteiger partial charge < -0.3 is 0 Å². The summed E-state index contributed by atoms with van der Waals surface area (Å²) in [6.07, 6.45) is 5.74. The van der Waals surface area contributed by atoms with E-state index in [1.54, 1.807) is 0 Å². The fourth-order valence-electron chi connectivity index (χ4n) is 3.53. The molecule has 3 nitrogen and oxygen atoms in total. The first-order valence-electron chi connectivity index (χ1n) is 9.19. The van der Waals surface area contributed by atoms with Crippen molar-refractivity contribution in [3.05, 3.63) is 65.5 Å². The van der Waals surface area contributed by atoms with Gasteiger partial charge in [-0.3, -0.25) is 14.7 Å². The molecule has 3 heteroatoms. The number of carbonyl (C=O) groups excluding carboxylic acids is 1. The molecule has 0 spiro atoms. The smallest absolute Gasteiger partial charge is 0.167 e. The average Bonchev–Trinajstić information content (AvgIpc) is 2.61. The molecule has 1 aromatic heterocycles. The number of rotatable bonds is 4. The predicted molar refractivity (Wildman–Crippen MR) is 102 cm³/mol. The van der Waals surface area contributed by atoms with Crippen LogP contribution in [0.15, 0.2) is 48.8 Å². The van der Waals surface area contributed by atoms with Gasteiger partial charge in [-0.1, -0.05) is 45.0 Å². The van der Waals surface area contributed by atoms with Crippen molar-refractivity contribution in [1.29, 1.82) is 0 Å². The second-order valence-corrected chi connectivity index (χ2v) is 8.12. The van der Waals surface area contributed by atoms with Crippen LogP contribution in [0.25, 0.3) is 0 Å². The van der Waals surface area contributed by atoms with Gasteiger partial charge in [-0.2, -0.15) is 0 Å². The number of nitrogens with zero attached hydrogens (tertiary/aromatic N) is 2. The van der Waals surface area contributed by atoms with Crippen molar-refractivity contribution >= 4 is 5.78 Å². The van der Waals surface area contributed by atoms with Crippen LogP contribution >= 0.6 is 0 Å². The summed E-state index contributed by atoms with van der Waals surface area (Å²) < 4.78 is 0. The lowest BCUT2D eigenvalue weighted by Gasteiger charge is -2.32. The first-order valence-corrected chi connectivity index (χ1v) is 9.19. The predicted octanol–water partition coefficient (Wildman–Crippen LogP) is 4.47. The van der Waals surface area contributed by atoms with Gasteiger partial charge in [0.15, 0.2) is 5.78 Å². The third kappa shape index (κ3) is 4.55. The van der Waals surface area contributed by atoms with Crippen molar-refractivity contribution in [1.82, 2.24) is 9.88 Å². The molecule has 1 aliphatic heterocycles. The molecule has 1 aromatic carbocycles. The minimum atomic E-state index is 0.107. The first kappa shape index (κ1) is 17.8. The second-order valence-electron chi connectivity index (χ2n) is 8.12. The molecule has 0 radical (unpaired) electrons. The maximum atomic E-state index is 12.9. The summed E-state index contributed by atoms with van der Waals surface area (Å²) in [5, 5.41) is 0. The van der Waals surface area contributed by atoms with Crippen molar-refractivity contribution in [3.8, 4) is 0 Å². The molecule has 1 atom stereocenters. The summed E-state index contributed by atoms with van der Waals surface area (Å²) in [6, 6.07) is 12.3. The van der Waals surface area contributed by atoms with E-state index in [1.807, 2.05) is 24.5 Å². The molecule has 0 N–H and O–H groups in total. The maximum absolute atomic E-state index is 12.9. The van der Waals surface area contributed by atoms with E-state index in [0.717, 1.165) is 38.0 Å². The lowest BCUT2D eigenvalue weighted by molar-refractivity contribution is 0.0811. The van der Waals surface area contributed by atoms with Crippen molar-refractivity contribution in [2.75, 3.05) is 13.1 Å². The van der Waals surface area contributed by atoms with Crippen LogP contribution in [0.4, 0.5) is 0 Å². The molecule has 132 valence electrons. The van der Waals surface area contributed by atoms with Gasteiger partial charge in [-0.05, 0) is 48.1 Å². The van der Waals surface area contributed by atoms with Crippen LogP contribution in [0.1, 0.15) is 55.1 Å². The van der Waals surface area contributed by atoms with Crippen LogP contribution in [0.5, 0.6) is 0 Å². The first-order chi connectivity index (χ1) is 11.9. The second kappa shape index (κ2) is 7.49. The number of Topliss-reactive ketones (excluding diaryl/α,β-unsaturated/α-hetero) is 1. The van der Waals surface area contributed by atoms with Gasteiger partial charge in [-0.15, -0.1) is 0 Å². The molecule has 1 aliphatic rings. The van der Waals surface area contributed by atoms with Crippen LogP contribution in [0.2, 0.25) is 0 Å². The zero-order chi connectivity index (χ0) is 17.9. The maximum Gasteiger partial charge on any atom is 0.167 e. The lowest BCUT2D eigenvalue weighted by Crippen LogP contribution is -2.38. The summed E-state index contributed by atoms with van der Waals surface area (Å²) in [5.41, 5.74) is 3.50. The Kier molecular flexibility index (Phi) is 5.33. The molecule has 1 fully saturated rings. The van der Waals surface area contributed by atoms with Crippen LogP contribution in [0.3, 0.4) is 0 Å². The van der Waals surface area contributed by atoms with Crippen LogP contribution in [-0.2, 0) is 12.0 Å². The number of likely N-dealkylation sites (tertiary alicyclic amines) is 1. The molecular formula is C22H28N2O. The van der Waals surface area contributed by atoms with Gasteiger partial charge in [0.25, 0.3) is 0 Å². The van der Waals surface area contributed by atoms with Gasteiger partial charge in [0, 0.05) is 37.0 Å². The SMILES string of the molecule is CC(C)(C)c1ccc(C(=O)[C@@H]2CCCN(Cc3ccncc3)C2)cc1. The number of piperidine rings is 1. The zero-order valence-corrected chi connectivity index (χ0v) is 15.5. The van der Waals surface area contributed by atoms with E-state index in [4.69, 9.17) is 0 Å². The van der Waals surface area contributed by atoms with E-state index >= 15 is 0 Å². The molecule has 2 heterocycles. The molecule has 25 heavy (non-hydrogen) atoms. The van der Waals surface area contributed by atoms with Gasteiger partial charge in [0.2, 0.25) is 0 Å². The Morgan fingerprint density at radius 3 is 2.44 bits per heavy atom. The zero-order valence-electron chi connectivity index (χ0n) is 15.5. The minimum Gasteiger partial charge on any atom is -0.298 e. The van der Waals surface area contributed by atoms with E-state index in [2.05, 4.69) is 54.9 Å². The summed E-state index contributed by atoms with van der Waals surface area (Å²) >= 11 is 0. The number of ketones is 1. The molecular weight excluding hydrogens is 308 g/mol. The fourth-order valence-corrected chi connectivity index (χ4v) is 3.53. The summed E-state index contributed by atoms with van der Waals surface area (Å²) in [7, 11) is 0. The van der Waals surface area contributed by atoms with Crippen LogP contribution < -0.4 is 0 Å². The molecule has 0 amide bonds. The molecule has 0 unspecified atom stereocenters. The van der Waals surface area contributed by atoms with E-state index in [9.17, 15) is 4.79 Å². The Labute approximate surface area is 151 Å². The topological polar surface area (TPSA) is 33.2 Å². The quantitative estimate of drug-likeness (QED) is 0.772. The Balaban J connectivity index is 1.65. The highest BCUT2D eigenvalue weighted by molar-refractivity contribution is 5.98. The van der Waals surface area contributed by atoms with E-state index in [1.165, 1.54) is 11.1 Å². The van der Waals surface area contributed by atoms with Crippen molar-refractivity contribution in [2.24, 2.45) is 5.92 Å². The number of hydrogen-bond acceptors (Lipinski definition) is 3. The third-order valence-corrected chi connectivity index (χ3v) is 5.07. The number of aromatic nitrogens is 1. The Morgan fingerprint density at radius 1 is 1.12 bits per heavy atom. The molecule has 0 bridgehead atoms. The Hall–Kier alpha value is -2.00. The molecule has 3 rings (SSSR count). The molecule has 0 saturated carbocycles. The molecule has 0 aliphatic carbocycles. The Bertz CT molecular complexity index is 701. The third-order valence-electron chi connectivity index (χ3n) is 5.07. The summed E-state index contributed by atoms with van der Waals surface area (Å²) in [4.78, 5) is 19.4. The Morgan fingerprint density at radius 2 is 1.80 bits per heavy atom.